The molecule has 2 rings (SSSR count). The Labute approximate surface area is 173 Å². The summed E-state index contributed by atoms with van der Waals surface area (Å²) in [4.78, 5) is 44.0. The second-order valence-electron chi connectivity index (χ2n) is 5.79. The van der Waals surface area contributed by atoms with E-state index in [1.807, 2.05) is 0 Å². The first-order chi connectivity index (χ1) is 13.7. The predicted molar refractivity (Wildman–Crippen MR) is 104 cm³/mol. The van der Waals surface area contributed by atoms with Gasteiger partial charge in [0.1, 0.15) is 11.4 Å². The molecule has 0 aliphatic rings. The Balaban J connectivity index is 2.10. The van der Waals surface area contributed by atoms with Crippen molar-refractivity contribution < 1.29 is 33.5 Å². The molecule has 0 bridgehead atoms. The number of halogens is 1. The zero-order chi connectivity index (χ0) is 21.6. The number of esters is 3. The fraction of sp³-hybridized carbons (Fsp3) is 0.211. The van der Waals surface area contributed by atoms with Crippen LogP contribution in [-0.4, -0.2) is 22.8 Å². The van der Waals surface area contributed by atoms with Gasteiger partial charge in [-0.05, 0) is 35.4 Å². The van der Waals surface area contributed by atoms with Crippen LogP contribution in [0, 0.1) is 10.1 Å². The van der Waals surface area contributed by atoms with Crippen molar-refractivity contribution in [3.8, 4) is 11.5 Å². The minimum atomic E-state index is -0.888. The van der Waals surface area contributed by atoms with Crippen LogP contribution in [0.1, 0.15) is 29.8 Å². The Morgan fingerprint density at radius 2 is 1.59 bits per heavy atom. The molecule has 2 aromatic rings. The van der Waals surface area contributed by atoms with Crippen molar-refractivity contribution in [2.45, 2.75) is 25.3 Å². The fourth-order valence-electron chi connectivity index (χ4n) is 2.23. The SMILES string of the molecule is CC(=O)Oc1ccc(C(Br)C(=O)OCc2ccc([N+](=O)[O-])cc2)cc1OC(C)=O. The Kier molecular flexibility index (Phi) is 7.43. The smallest absolute Gasteiger partial charge is 0.324 e. The molecule has 1 unspecified atom stereocenters. The number of carbonyl (C=O) groups excluding carboxylic acids is 3. The van der Waals surface area contributed by atoms with Crippen LogP contribution in [0.3, 0.4) is 0 Å². The van der Waals surface area contributed by atoms with Gasteiger partial charge in [-0.2, -0.15) is 0 Å². The number of nitrogens with zero attached hydrogens (tertiary/aromatic N) is 1. The Morgan fingerprint density at radius 1 is 1.00 bits per heavy atom. The molecule has 0 heterocycles. The zero-order valence-electron chi connectivity index (χ0n) is 15.4. The number of ether oxygens (including phenoxy) is 3. The largest absolute Gasteiger partial charge is 0.460 e. The highest BCUT2D eigenvalue weighted by atomic mass is 79.9. The molecule has 0 amide bonds. The average Bonchev–Trinajstić information content (AvgIpc) is 2.66. The van der Waals surface area contributed by atoms with E-state index in [1.54, 1.807) is 0 Å². The van der Waals surface area contributed by atoms with Crippen molar-refractivity contribution in [1.29, 1.82) is 0 Å². The Morgan fingerprint density at radius 3 is 2.14 bits per heavy atom. The number of nitro benzene ring substituents is 1. The molecule has 2 aromatic carbocycles. The van der Waals surface area contributed by atoms with E-state index in [2.05, 4.69) is 15.9 Å². The highest BCUT2D eigenvalue weighted by Crippen LogP contribution is 2.34. The van der Waals surface area contributed by atoms with Crippen molar-refractivity contribution >= 4 is 39.5 Å². The predicted octanol–water partition coefficient (Wildman–Crippen LogP) is 3.62. The number of nitro groups is 1. The molecule has 9 nitrogen and oxygen atoms in total. The highest BCUT2D eigenvalue weighted by Gasteiger charge is 2.22. The molecule has 0 N–H and O–H groups in total. The molecule has 0 radical (unpaired) electrons. The third-order valence-corrected chi connectivity index (χ3v) is 4.41. The average molecular weight is 466 g/mol. The lowest BCUT2D eigenvalue weighted by Gasteiger charge is -2.14. The number of alkyl halides is 1. The number of rotatable bonds is 7. The van der Waals surface area contributed by atoms with Crippen molar-refractivity contribution in [3.63, 3.8) is 0 Å². The Bertz CT molecular complexity index is 942. The van der Waals surface area contributed by atoms with E-state index >= 15 is 0 Å². The lowest BCUT2D eigenvalue weighted by atomic mass is 10.1. The monoisotopic (exact) mass is 465 g/mol. The van der Waals surface area contributed by atoms with E-state index in [-0.39, 0.29) is 23.8 Å². The van der Waals surface area contributed by atoms with E-state index in [4.69, 9.17) is 14.2 Å². The van der Waals surface area contributed by atoms with Crippen LogP contribution in [0.15, 0.2) is 42.5 Å². The molecule has 0 saturated carbocycles. The summed E-state index contributed by atoms with van der Waals surface area (Å²) in [6.45, 7) is 2.31. The summed E-state index contributed by atoms with van der Waals surface area (Å²) in [6, 6.07) is 9.89. The summed E-state index contributed by atoms with van der Waals surface area (Å²) in [7, 11) is 0. The fourth-order valence-corrected chi connectivity index (χ4v) is 2.65. The van der Waals surface area contributed by atoms with E-state index < -0.39 is 27.7 Å². The van der Waals surface area contributed by atoms with Crippen molar-refractivity contribution in [1.82, 2.24) is 0 Å². The van der Waals surface area contributed by atoms with E-state index in [0.717, 1.165) is 0 Å². The van der Waals surface area contributed by atoms with E-state index in [0.29, 0.717) is 11.1 Å². The maximum absolute atomic E-state index is 12.3. The molecule has 0 aliphatic carbocycles. The maximum atomic E-state index is 12.3. The second kappa shape index (κ2) is 9.78. The van der Waals surface area contributed by atoms with Crippen LogP contribution in [0.4, 0.5) is 5.69 Å². The normalized spacial score (nSPS) is 11.3. The first kappa shape index (κ1) is 22.0. The van der Waals surface area contributed by atoms with Gasteiger partial charge in [-0.15, -0.1) is 0 Å². The molecule has 0 fully saturated rings. The quantitative estimate of drug-likeness (QED) is 0.199. The molecule has 0 saturated heterocycles. The van der Waals surface area contributed by atoms with Gasteiger partial charge in [-0.1, -0.05) is 22.0 Å². The van der Waals surface area contributed by atoms with Crippen LogP contribution in [0.25, 0.3) is 0 Å². The first-order valence-corrected chi connectivity index (χ1v) is 9.13. The standard InChI is InChI=1S/C19H16BrNO8/c1-11(22)28-16-8-5-14(9-17(16)29-12(2)23)18(20)19(24)27-10-13-3-6-15(7-4-13)21(25)26/h3-9,18H,10H2,1-2H3. The lowest BCUT2D eigenvalue weighted by Crippen LogP contribution is -2.12. The highest BCUT2D eigenvalue weighted by molar-refractivity contribution is 9.09. The molecule has 0 aromatic heterocycles. The van der Waals surface area contributed by atoms with Gasteiger partial charge in [0, 0.05) is 26.0 Å². The van der Waals surface area contributed by atoms with Crippen molar-refractivity contribution in [2.75, 3.05) is 0 Å². The molecule has 0 spiro atoms. The van der Waals surface area contributed by atoms with Gasteiger partial charge in [-0.3, -0.25) is 24.5 Å². The number of hydrogen-bond donors (Lipinski definition) is 0. The number of hydrogen-bond acceptors (Lipinski definition) is 8. The summed E-state index contributed by atoms with van der Waals surface area (Å²) >= 11 is 3.22. The van der Waals surface area contributed by atoms with E-state index in [1.165, 1.54) is 56.3 Å². The summed E-state index contributed by atoms with van der Waals surface area (Å²) in [5, 5.41) is 10.7. The van der Waals surface area contributed by atoms with Crippen molar-refractivity contribution in [3.05, 3.63) is 63.7 Å². The van der Waals surface area contributed by atoms with E-state index in [9.17, 15) is 24.5 Å². The van der Waals surface area contributed by atoms with Crippen LogP contribution < -0.4 is 9.47 Å². The summed E-state index contributed by atoms with van der Waals surface area (Å²) in [5.41, 5.74) is 0.921. The topological polar surface area (TPSA) is 122 Å². The van der Waals surface area contributed by atoms with Gasteiger partial charge >= 0.3 is 17.9 Å². The number of benzene rings is 2. The van der Waals surface area contributed by atoms with Gasteiger partial charge in [0.2, 0.25) is 0 Å². The molecule has 1 atom stereocenters. The summed E-state index contributed by atoms with van der Waals surface area (Å²) in [6.07, 6.45) is 0. The van der Waals surface area contributed by atoms with Gasteiger partial charge in [-0.25, -0.2) is 0 Å². The molecule has 10 heteroatoms. The minimum Gasteiger partial charge on any atom is -0.460 e. The van der Waals surface area contributed by atoms with Crippen LogP contribution in [-0.2, 0) is 25.7 Å². The first-order valence-electron chi connectivity index (χ1n) is 8.22. The third kappa shape index (κ3) is 6.39. The van der Waals surface area contributed by atoms with Crippen LogP contribution >= 0.6 is 15.9 Å². The number of non-ortho nitro benzene ring substituents is 1. The third-order valence-electron chi connectivity index (χ3n) is 3.50. The van der Waals surface area contributed by atoms with Gasteiger partial charge < -0.3 is 14.2 Å². The summed E-state index contributed by atoms with van der Waals surface area (Å²) < 4.78 is 15.2. The minimum absolute atomic E-state index is 0.0159. The lowest BCUT2D eigenvalue weighted by molar-refractivity contribution is -0.384. The van der Waals surface area contributed by atoms with Crippen molar-refractivity contribution in [2.24, 2.45) is 0 Å². The summed E-state index contributed by atoms with van der Waals surface area (Å²) in [5.74, 6) is -1.82. The van der Waals surface area contributed by atoms with Crippen LogP contribution in [0.2, 0.25) is 0 Å². The zero-order valence-corrected chi connectivity index (χ0v) is 17.0. The van der Waals surface area contributed by atoms with Gasteiger partial charge in [0.05, 0.1) is 4.92 Å². The van der Waals surface area contributed by atoms with Crippen LogP contribution in [0.5, 0.6) is 11.5 Å². The molecule has 152 valence electrons. The van der Waals surface area contributed by atoms with Gasteiger partial charge in [0.25, 0.3) is 5.69 Å². The molecular formula is C19H16BrNO8. The number of carbonyl (C=O) groups is 3. The Hall–Kier alpha value is -3.27. The second-order valence-corrected chi connectivity index (χ2v) is 6.70. The molecular weight excluding hydrogens is 450 g/mol. The van der Waals surface area contributed by atoms with Gasteiger partial charge in [0.15, 0.2) is 11.5 Å². The molecule has 0 aliphatic heterocycles. The molecule has 29 heavy (non-hydrogen) atoms. The maximum Gasteiger partial charge on any atom is 0.324 e.